The first-order valence-electron chi connectivity index (χ1n) is 10.1. The molecule has 0 bridgehead atoms. The molecule has 0 radical (unpaired) electrons. The van der Waals surface area contributed by atoms with Crippen LogP contribution in [0.1, 0.15) is 58.8 Å². The first kappa shape index (κ1) is 16.7. The summed E-state index contributed by atoms with van der Waals surface area (Å²) < 4.78 is 5.93. The van der Waals surface area contributed by atoms with Crippen LogP contribution in [0.3, 0.4) is 0 Å². The second kappa shape index (κ2) is 5.09. The number of ether oxygens (including phenoxy) is 1. The molecule has 0 aromatic carbocycles. The first-order valence-corrected chi connectivity index (χ1v) is 10.1. The monoisotopic (exact) mass is 356 g/mol. The van der Waals surface area contributed by atoms with Crippen LogP contribution in [0.5, 0.6) is 0 Å². The summed E-state index contributed by atoms with van der Waals surface area (Å²) in [5.74, 6) is 0.989. The van der Waals surface area contributed by atoms with E-state index in [1.807, 2.05) is 0 Å². The van der Waals surface area contributed by atoms with Gasteiger partial charge in [0.2, 0.25) is 0 Å². The van der Waals surface area contributed by atoms with E-state index in [0.29, 0.717) is 25.2 Å². The van der Waals surface area contributed by atoms with Crippen LogP contribution >= 0.6 is 0 Å². The smallest absolute Gasteiger partial charge is 0.306 e. The lowest BCUT2D eigenvalue weighted by Crippen LogP contribution is -2.58. The molecule has 4 aliphatic carbocycles. The molecule has 5 rings (SSSR count). The highest BCUT2D eigenvalue weighted by molar-refractivity contribution is 5.92. The van der Waals surface area contributed by atoms with Gasteiger partial charge in [0.1, 0.15) is 5.60 Å². The van der Waals surface area contributed by atoms with E-state index in [-0.39, 0.29) is 40.0 Å². The predicted octanol–water partition coefficient (Wildman–Crippen LogP) is 3.34. The zero-order valence-electron chi connectivity index (χ0n) is 15.7. The molecule has 3 fully saturated rings. The normalized spacial score (nSPS) is 52.3. The Balaban J connectivity index is 1.58. The molecule has 5 aliphatic rings. The quantitative estimate of drug-likeness (QED) is 0.676. The fourth-order valence-electron chi connectivity index (χ4n) is 7.41. The number of ketones is 1. The summed E-state index contributed by atoms with van der Waals surface area (Å²) in [5, 5.41) is 11.3. The van der Waals surface area contributed by atoms with Crippen molar-refractivity contribution in [1.82, 2.24) is 0 Å². The van der Waals surface area contributed by atoms with Crippen LogP contribution in [0.15, 0.2) is 23.8 Å². The minimum absolute atomic E-state index is 0.0781. The van der Waals surface area contributed by atoms with E-state index in [1.54, 1.807) is 6.08 Å². The summed E-state index contributed by atoms with van der Waals surface area (Å²) in [6.07, 6.45) is 11.1. The molecule has 6 unspecified atom stereocenters. The largest absolute Gasteiger partial charge is 0.458 e. The van der Waals surface area contributed by atoms with Crippen molar-refractivity contribution in [3.05, 3.63) is 23.8 Å². The molecule has 0 aromatic heterocycles. The highest BCUT2D eigenvalue weighted by atomic mass is 16.6. The maximum absolute atomic E-state index is 11.9. The topological polar surface area (TPSA) is 63.6 Å². The van der Waals surface area contributed by atoms with Crippen LogP contribution < -0.4 is 0 Å². The maximum atomic E-state index is 11.9. The Bertz CT molecular complexity index is 751. The van der Waals surface area contributed by atoms with Gasteiger partial charge in [-0.25, -0.2) is 0 Å². The Morgan fingerprint density at radius 3 is 2.69 bits per heavy atom. The molecule has 7 atom stereocenters. The Morgan fingerprint density at radius 1 is 1.15 bits per heavy atom. The van der Waals surface area contributed by atoms with Crippen molar-refractivity contribution in [2.24, 2.45) is 28.6 Å². The highest BCUT2D eigenvalue weighted by Gasteiger charge is 2.68. The number of hydrogen-bond donors (Lipinski definition) is 1. The van der Waals surface area contributed by atoms with E-state index in [9.17, 15) is 14.7 Å². The lowest BCUT2D eigenvalue weighted by molar-refractivity contribution is -0.177. The summed E-state index contributed by atoms with van der Waals surface area (Å²) in [4.78, 5) is 23.8. The van der Waals surface area contributed by atoms with Crippen molar-refractivity contribution >= 4 is 11.8 Å². The Morgan fingerprint density at radius 2 is 1.96 bits per heavy atom. The number of aliphatic hydroxyl groups is 1. The van der Waals surface area contributed by atoms with Gasteiger partial charge in [-0.05, 0) is 61.0 Å². The fourth-order valence-corrected chi connectivity index (χ4v) is 7.41. The van der Waals surface area contributed by atoms with Gasteiger partial charge in [-0.1, -0.05) is 26.0 Å². The molecule has 4 heteroatoms. The average molecular weight is 356 g/mol. The van der Waals surface area contributed by atoms with Crippen LogP contribution in [-0.4, -0.2) is 28.6 Å². The van der Waals surface area contributed by atoms with Crippen LogP contribution in [0.4, 0.5) is 0 Å². The lowest BCUT2D eigenvalue weighted by atomic mass is 9.47. The summed E-state index contributed by atoms with van der Waals surface area (Å²) in [5.41, 5.74) is 0.425. The zero-order valence-corrected chi connectivity index (χ0v) is 15.7. The van der Waals surface area contributed by atoms with Crippen LogP contribution in [-0.2, 0) is 14.3 Å². The predicted molar refractivity (Wildman–Crippen MR) is 96.1 cm³/mol. The average Bonchev–Trinajstić information content (AvgIpc) is 3.09. The van der Waals surface area contributed by atoms with Gasteiger partial charge in [0.25, 0.3) is 0 Å². The first-order chi connectivity index (χ1) is 12.3. The Kier molecular flexibility index (Phi) is 3.28. The molecule has 2 saturated carbocycles. The molecule has 1 N–H and O–H groups in total. The van der Waals surface area contributed by atoms with Crippen molar-refractivity contribution in [3.63, 3.8) is 0 Å². The Labute approximate surface area is 154 Å². The van der Waals surface area contributed by atoms with Gasteiger partial charge < -0.3 is 9.84 Å². The minimum Gasteiger partial charge on any atom is -0.458 e. The molecule has 1 saturated heterocycles. The van der Waals surface area contributed by atoms with Gasteiger partial charge >= 0.3 is 5.97 Å². The number of carbonyl (C=O) groups excluding carboxylic acids is 2. The standard InChI is InChI=1S/C22H28O4/c1-20-8-5-14(23)11-13(20)3-4-15-16-6-9-22(10-7-18(25)26-22)21(16,2)12-17(24)19(15)20/h3-4,11,15-17,19,24H,5-10,12H2,1-2H3/t15?,16?,17-,19?,20?,21?,22?/m1/s1. The number of carbonyl (C=O) groups is 2. The van der Waals surface area contributed by atoms with Gasteiger partial charge in [0.05, 0.1) is 6.10 Å². The van der Waals surface area contributed by atoms with Crippen molar-refractivity contribution in [1.29, 1.82) is 0 Å². The van der Waals surface area contributed by atoms with Gasteiger partial charge in [-0.15, -0.1) is 0 Å². The molecule has 26 heavy (non-hydrogen) atoms. The summed E-state index contributed by atoms with van der Waals surface area (Å²) in [6, 6.07) is 0. The number of hydrogen-bond acceptors (Lipinski definition) is 4. The second-order valence-electron chi connectivity index (χ2n) is 9.75. The summed E-state index contributed by atoms with van der Waals surface area (Å²) in [6.45, 7) is 4.48. The van der Waals surface area contributed by atoms with Gasteiger partial charge in [-0.2, -0.15) is 0 Å². The molecular formula is C22H28O4. The van der Waals surface area contributed by atoms with Crippen molar-refractivity contribution < 1.29 is 19.4 Å². The number of fused-ring (bicyclic) bond motifs is 6. The highest BCUT2D eigenvalue weighted by Crippen LogP contribution is 2.68. The number of aliphatic hydroxyl groups excluding tert-OH is 1. The van der Waals surface area contributed by atoms with Crippen molar-refractivity contribution in [3.8, 4) is 0 Å². The number of esters is 1. The van der Waals surface area contributed by atoms with E-state index >= 15 is 0 Å². The van der Waals surface area contributed by atoms with Crippen LogP contribution in [0.2, 0.25) is 0 Å². The molecule has 1 spiro atoms. The number of rotatable bonds is 0. The van der Waals surface area contributed by atoms with Gasteiger partial charge in [0.15, 0.2) is 5.78 Å². The number of allylic oxidation sites excluding steroid dienone is 4. The molecule has 0 amide bonds. The van der Waals surface area contributed by atoms with Gasteiger partial charge in [-0.3, -0.25) is 9.59 Å². The Hall–Kier alpha value is -1.42. The summed E-state index contributed by atoms with van der Waals surface area (Å²) >= 11 is 0. The third-order valence-corrected chi connectivity index (χ3v) is 8.79. The maximum Gasteiger partial charge on any atom is 0.306 e. The minimum atomic E-state index is -0.429. The van der Waals surface area contributed by atoms with Crippen molar-refractivity contribution in [2.75, 3.05) is 0 Å². The fraction of sp³-hybridized carbons (Fsp3) is 0.727. The molecule has 0 aromatic rings. The molecule has 1 aliphatic heterocycles. The van der Waals surface area contributed by atoms with Gasteiger partial charge in [0, 0.05) is 24.2 Å². The van der Waals surface area contributed by atoms with Crippen LogP contribution in [0.25, 0.3) is 0 Å². The van der Waals surface area contributed by atoms with Crippen molar-refractivity contribution in [2.45, 2.75) is 70.5 Å². The van der Waals surface area contributed by atoms with Crippen LogP contribution in [0, 0.1) is 28.6 Å². The van der Waals surface area contributed by atoms with E-state index < -0.39 is 6.10 Å². The molecule has 4 nitrogen and oxygen atoms in total. The molecule has 1 heterocycles. The SMILES string of the molecule is CC12CCC(=O)C=C1C=CC1C2[C@H](O)CC2(C)C1CCC21CCC(=O)O1. The van der Waals surface area contributed by atoms with E-state index in [2.05, 4.69) is 26.0 Å². The van der Waals surface area contributed by atoms with E-state index in [1.165, 1.54) is 0 Å². The van der Waals surface area contributed by atoms with E-state index in [4.69, 9.17) is 4.74 Å². The second-order valence-corrected chi connectivity index (χ2v) is 9.75. The third-order valence-electron chi connectivity index (χ3n) is 8.79. The molecular weight excluding hydrogens is 328 g/mol. The zero-order chi connectivity index (χ0) is 18.3. The van der Waals surface area contributed by atoms with E-state index in [0.717, 1.165) is 31.3 Å². The molecule has 140 valence electrons. The lowest BCUT2D eigenvalue weighted by Gasteiger charge is -2.58. The summed E-state index contributed by atoms with van der Waals surface area (Å²) in [7, 11) is 0. The third kappa shape index (κ3) is 1.89.